The number of halogens is 2. The molecule has 2 atom stereocenters. The summed E-state index contributed by atoms with van der Waals surface area (Å²) in [6.45, 7) is 0.716. The Morgan fingerprint density at radius 3 is 2.65 bits per heavy atom. The summed E-state index contributed by atoms with van der Waals surface area (Å²) in [5.74, 6) is -0.631. The molecule has 2 amide bonds. The topological polar surface area (TPSA) is 49.4 Å². The molecule has 0 aromatic heterocycles. The average Bonchev–Trinajstić information content (AvgIpc) is 3.45. The molecule has 6 heteroatoms. The number of nitrogens with one attached hydrogen (secondary N) is 1. The van der Waals surface area contributed by atoms with Crippen LogP contribution < -0.4 is 10.2 Å². The molecule has 0 radical (unpaired) electrons. The van der Waals surface area contributed by atoms with Crippen molar-refractivity contribution in [2.24, 2.45) is 11.8 Å². The first kappa shape index (κ1) is 17.4. The van der Waals surface area contributed by atoms with E-state index in [0.717, 1.165) is 18.5 Å². The zero-order chi connectivity index (χ0) is 18.3. The third kappa shape index (κ3) is 3.31. The number of carbonyl (C=O) groups is 2. The maximum atomic E-state index is 12.9. The molecule has 0 saturated heterocycles. The molecule has 1 saturated carbocycles. The normalized spacial score (nSPS) is 21.1. The number of benzene rings is 2. The summed E-state index contributed by atoms with van der Waals surface area (Å²) in [4.78, 5) is 27.2. The zero-order valence-corrected chi connectivity index (χ0v) is 15.6. The van der Waals surface area contributed by atoms with Crippen molar-refractivity contribution < 1.29 is 9.59 Å². The monoisotopic (exact) mass is 388 g/mol. The molecular formula is C20H18Cl2N2O2. The van der Waals surface area contributed by atoms with Gasteiger partial charge in [-0.15, -0.1) is 0 Å². The van der Waals surface area contributed by atoms with Crippen LogP contribution >= 0.6 is 23.2 Å². The van der Waals surface area contributed by atoms with Crippen molar-refractivity contribution >= 4 is 46.4 Å². The van der Waals surface area contributed by atoms with Gasteiger partial charge in [-0.05, 0) is 49.1 Å². The number of hydrogen-bond acceptors (Lipinski definition) is 2. The lowest BCUT2D eigenvalue weighted by Crippen LogP contribution is -2.37. The lowest BCUT2D eigenvalue weighted by Gasteiger charge is -2.29. The Balaban J connectivity index is 1.43. The van der Waals surface area contributed by atoms with Crippen molar-refractivity contribution in [3.8, 4) is 0 Å². The number of fused-ring (bicyclic) bond motifs is 1. The van der Waals surface area contributed by atoms with Gasteiger partial charge in [0.1, 0.15) is 0 Å². The second-order valence-electron chi connectivity index (χ2n) is 6.79. The Hall–Kier alpha value is -2.04. The SMILES string of the molecule is O=C(Nc1ccc(Cl)c(Cl)c1)C1CC1C(=O)N1CCCc2ccccc21. The van der Waals surface area contributed by atoms with E-state index in [0.29, 0.717) is 28.7 Å². The van der Waals surface area contributed by atoms with E-state index >= 15 is 0 Å². The smallest absolute Gasteiger partial charge is 0.230 e. The van der Waals surface area contributed by atoms with Gasteiger partial charge in [-0.1, -0.05) is 41.4 Å². The number of nitrogens with zero attached hydrogens (tertiary/aromatic N) is 1. The van der Waals surface area contributed by atoms with Crippen LogP contribution in [0.2, 0.25) is 10.0 Å². The lowest BCUT2D eigenvalue weighted by molar-refractivity contribution is -0.123. The summed E-state index contributed by atoms with van der Waals surface area (Å²) in [5.41, 5.74) is 2.77. The van der Waals surface area contributed by atoms with Crippen LogP contribution in [-0.2, 0) is 16.0 Å². The second kappa shape index (κ2) is 6.93. The molecule has 4 nitrogen and oxygen atoms in total. The van der Waals surface area contributed by atoms with Crippen LogP contribution in [0.25, 0.3) is 0 Å². The predicted molar refractivity (Wildman–Crippen MR) is 104 cm³/mol. The molecule has 4 rings (SSSR count). The number of para-hydroxylation sites is 1. The van der Waals surface area contributed by atoms with Crippen molar-refractivity contribution in [3.05, 3.63) is 58.1 Å². The molecule has 2 aliphatic rings. The molecule has 1 aliphatic carbocycles. The summed E-state index contributed by atoms with van der Waals surface area (Å²) in [5, 5.41) is 3.65. The Kier molecular flexibility index (Phi) is 4.63. The molecule has 0 bridgehead atoms. The highest BCUT2D eigenvalue weighted by atomic mass is 35.5. The van der Waals surface area contributed by atoms with Crippen molar-refractivity contribution in [1.82, 2.24) is 0 Å². The largest absolute Gasteiger partial charge is 0.326 e. The van der Waals surface area contributed by atoms with Crippen molar-refractivity contribution in [2.45, 2.75) is 19.3 Å². The van der Waals surface area contributed by atoms with Crippen LogP contribution in [0.15, 0.2) is 42.5 Å². The van der Waals surface area contributed by atoms with E-state index in [-0.39, 0.29) is 23.7 Å². The molecule has 134 valence electrons. The Bertz CT molecular complexity index is 884. The first-order valence-electron chi connectivity index (χ1n) is 8.70. The minimum absolute atomic E-state index is 0.0476. The van der Waals surface area contributed by atoms with Gasteiger partial charge in [0.2, 0.25) is 11.8 Å². The average molecular weight is 389 g/mol. The number of anilines is 2. The van der Waals surface area contributed by atoms with Crippen LogP contribution in [0.3, 0.4) is 0 Å². The Morgan fingerprint density at radius 1 is 1.04 bits per heavy atom. The first-order valence-corrected chi connectivity index (χ1v) is 9.45. The van der Waals surface area contributed by atoms with E-state index < -0.39 is 0 Å². The highest BCUT2D eigenvalue weighted by Crippen LogP contribution is 2.43. The van der Waals surface area contributed by atoms with E-state index in [9.17, 15) is 9.59 Å². The summed E-state index contributed by atoms with van der Waals surface area (Å²) < 4.78 is 0. The van der Waals surface area contributed by atoms with Crippen molar-refractivity contribution in [3.63, 3.8) is 0 Å². The summed E-state index contributed by atoms with van der Waals surface area (Å²) in [6.07, 6.45) is 2.53. The zero-order valence-electron chi connectivity index (χ0n) is 14.0. The molecule has 2 aromatic carbocycles. The van der Waals surface area contributed by atoms with Crippen LogP contribution in [0.5, 0.6) is 0 Å². The molecule has 1 aliphatic heterocycles. The number of amides is 2. The predicted octanol–water partition coefficient (Wildman–Crippen LogP) is 4.55. The van der Waals surface area contributed by atoms with Crippen molar-refractivity contribution in [1.29, 1.82) is 0 Å². The lowest BCUT2D eigenvalue weighted by atomic mass is 10.0. The van der Waals surface area contributed by atoms with Crippen LogP contribution in [0.4, 0.5) is 11.4 Å². The highest BCUT2D eigenvalue weighted by molar-refractivity contribution is 6.42. The highest BCUT2D eigenvalue weighted by Gasteiger charge is 2.50. The van der Waals surface area contributed by atoms with Gasteiger partial charge >= 0.3 is 0 Å². The van der Waals surface area contributed by atoms with Gasteiger partial charge in [0.15, 0.2) is 0 Å². The Morgan fingerprint density at radius 2 is 1.85 bits per heavy atom. The number of aryl methyl sites for hydroxylation is 1. The van der Waals surface area contributed by atoms with E-state index in [2.05, 4.69) is 11.4 Å². The standard InChI is InChI=1S/C20H18Cl2N2O2/c21-16-8-7-13(10-17(16)22)23-19(25)14-11-15(14)20(26)24-9-3-5-12-4-1-2-6-18(12)24/h1-2,4,6-8,10,14-15H,3,5,9,11H2,(H,23,25). The molecule has 1 N–H and O–H groups in total. The minimum Gasteiger partial charge on any atom is -0.326 e. The summed E-state index contributed by atoms with van der Waals surface area (Å²) >= 11 is 11.9. The van der Waals surface area contributed by atoms with Gasteiger partial charge < -0.3 is 10.2 Å². The first-order chi connectivity index (χ1) is 12.5. The summed E-state index contributed by atoms with van der Waals surface area (Å²) in [6, 6.07) is 13.0. The second-order valence-corrected chi connectivity index (χ2v) is 7.60. The van der Waals surface area contributed by atoms with Gasteiger partial charge in [-0.2, -0.15) is 0 Å². The third-order valence-electron chi connectivity index (χ3n) is 5.01. The van der Waals surface area contributed by atoms with Gasteiger partial charge in [0, 0.05) is 17.9 Å². The Labute approximate surface area is 162 Å². The number of hydrogen-bond donors (Lipinski definition) is 1. The quantitative estimate of drug-likeness (QED) is 0.838. The van der Waals surface area contributed by atoms with Crippen LogP contribution in [-0.4, -0.2) is 18.4 Å². The summed E-state index contributed by atoms with van der Waals surface area (Å²) in [7, 11) is 0. The fraction of sp³-hybridized carbons (Fsp3) is 0.300. The van der Waals surface area contributed by atoms with Gasteiger partial charge in [0.25, 0.3) is 0 Å². The molecule has 1 fully saturated rings. The molecule has 2 aromatic rings. The van der Waals surface area contributed by atoms with E-state index in [1.54, 1.807) is 18.2 Å². The van der Waals surface area contributed by atoms with Crippen molar-refractivity contribution in [2.75, 3.05) is 16.8 Å². The van der Waals surface area contributed by atoms with Gasteiger partial charge in [-0.3, -0.25) is 9.59 Å². The molecule has 1 heterocycles. The van der Waals surface area contributed by atoms with Crippen LogP contribution in [0, 0.1) is 11.8 Å². The molecule has 2 unspecified atom stereocenters. The molecule has 0 spiro atoms. The molecule has 26 heavy (non-hydrogen) atoms. The number of rotatable bonds is 3. The molecular weight excluding hydrogens is 371 g/mol. The third-order valence-corrected chi connectivity index (χ3v) is 5.75. The van der Waals surface area contributed by atoms with E-state index in [1.807, 2.05) is 23.1 Å². The maximum Gasteiger partial charge on any atom is 0.230 e. The minimum atomic E-state index is -0.286. The van der Waals surface area contributed by atoms with Crippen LogP contribution in [0.1, 0.15) is 18.4 Å². The fourth-order valence-corrected chi connectivity index (χ4v) is 3.83. The van der Waals surface area contributed by atoms with E-state index in [1.165, 1.54) is 5.56 Å². The number of carbonyl (C=O) groups excluding carboxylic acids is 2. The van der Waals surface area contributed by atoms with Gasteiger partial charge in [-0.25, -0.2) is 0 Å². The maximum absolute atomic E-state index is 12.9. The van der Waals surface area contributed by atoms with Gasteiger partial charge in [0.05, 0.1) is 21.9 Å². The van der Waals surface area contributed by atoms with E-state index in [4.69, 9.17) is 23.2 Å². The fourth-order valence-electron chi connectivity index (χ4n) is 3.53.